The molecule has 2 amide bonds. The molecular formula is C23H21NO4. The summed E-state index contributed by atoms with van der Waals surface area (Å²) < 4.78 is 5.75. The van der Waals surface area contributed by atoms with Crippen LogP contribution >= 0.6 is 0 Å². The normalized spacial score (nSPS) is 22.1. The first-order valence-electron chi connectivity index (χ1n) is 9.45. The molecule has 28 heavy (non-hydrogen) atoms. The van der Waals surface area contributed by atoms with E-state index in [1.54, 1.807) is 43.3 Å². The largest absolute Gasteiger partial charge is 0.483 e. The summed E-state index contributed by atoms with van der Waals surface area (Å²) in [6.45, 7) is 1.70. The van der Waals surface area contributed by atoms with Crippen molar-refractivity contribution in [3.8, 4) is 5.75 Å². The van der Waals surface area contributed by atoms with E-state index in [0.29, 0.717) is 29.8 Å². The molecule has 1 fully saturated rings. The third-order valence-corrected chi connectivity index (χ3v) is 5.34. The molecule has 1 heterocycles. The van der Waals surface area contributed by atoms with Crippen LogP contribution < -0.4 is 9.64 Å². The second kappa shape index (κ2) is 7.43. The third kappa shape index (κ3) is 3.24. The highest BCUT2D eigenvalue weighted by atomic mass is 16.5. The Bertz CT molecular complexity index is 907. The molecule has 4 rings (SSSR count). The summed E-state index contributed by atoms with van der Waals surface area (Å²) in [5.74, 6) is -0.375. The van der Waals surface area contributed by atoms with E-state index in [2.05, 4.69) is 0 Å². The Morgan fingerprint density at radius 1 is 0.929 bits per heavy atom. The Balaban J connectivity index is 1.46. The van der Waals surface area contributed by atoms with Gasteiger partial charge in [0.1, 0.15) is 5.75 Å². The maximum Gasteiger partial charge on any atom is 0.238 e. The minimum absolute atomic E-state index is 0.105. The van der Waals surface area contributed by atoms with Crippen molar-refractivity contribution in [3.63, 3.8) is 0 Å². The fourth-order valence-electron chi connectivity index (χ4n) is 3.82. The number of Topliss-reactive ketones (excluding diaryl/α,β-unsaturated/α-hetero) is 1. The number of allylic oxidation sites excluding steroid dienone is 2. The van der Waals surface area contributed by atoms with Crippen molar-refractivity contribution in [1.29, 1.82) is 0 Å². The number of hydrogen-bond donors (Lipinski definition) is 0. The van der Waals surface area contributed by atoms with E-state index in [1.807, 2.05) is 30.4 Å². The molecule has 1 aliphatic carbocycles. The summed E-state index contributed by atoms with van der Waals surface area (Å²) in [5, 5.41) is 0. The molecule has 0 radical (unpaired) electrons. The van der Waals surface area contributed by atoms with Gasteiger partial charge in [0.15, 0.2) is 6.10 Å². The van der Waals surface area contributed by atoms with E-state index in [-0.39, 0.29) is 29.4 Å². The Morgan fingerprint density at radius 2 is 1.50 bits per heavy atom. The van der Waals surface area contributed by atoms with Crippen molar-refractivity contribution in [2.45, 2.75) is 25.9 Å². The van der Waals surface area contributed by atoms with Gasteiger partial charge in [-0.2, -0.15) is 0 Å². The minimum Gasteiger partial charge on any atom is -0.483 e. The minimum atomic E-state index is -0.641. The smallest absolute Gasteiger partial charge is 0.238 e. The van der Waals surface area contributed by atoms with Gasteiger partial charge < -0.3 is 4.74 Å². The van der Waals surface area contributed by atoms with Gasteiger partial charge in [-0.1, -0.05) is 42.5 Å². The van der Waals surface area contributed by atoms with Crippen molar-refractivity contribution in [1.82, 2.24) is 0 Å². The molecule has 1 saturated heterocycles. The fraction of sp³-hybridized carbons (Fsp3) is 0.261. The molecule has 0 unspecified atom stereocenters. The summed E-state index contributed by atoms with van der Waals surface area (Å²) in [4.78, 5) is 39.0. The molecular weight excluding hydrogens is 354 g/mol. The van der Waals surface area contributed by atoms with Crippen molar-refractivity contribution in [2.24, 2.45) is 11.8 Å². The topological polar surface area (TPSA) is 63.7 Å². The zero-order valence-corrected chi connectivity index (χ0v) is 15.6. The van der Waals surface area contributed by atoms with Gasteiger partial charge in [0, 0.05) is 5.56 Å². The van der Waals surface area contributed by atoms with E-state index in [1.165, 1.54) is 4.90 Å². The van der Waals surface area contributed by atoms with Crippen molar-refractivity contribution >= 4 is 23.3 Å². The number of ether oxygens (including phenoxy) is 1. The lowest BCUT2D eigenvalue weighted by atomic mass is 9.85. The first-order chi connectivity index (χ1) is 13.6. The number of imide groups is 1. The second-order valence-corrected chi connectivity index (χ2v) is 7.15. The number of rotatable bonds is 5. The first kappa shape index (κ1) is 18.2. The quantitative estimate of drug-likeness (QED) is 0.453. The average Bonchev–Trinajstić information content (AvgIpc) is 2.99. The fourth-order valence-corrected chi connectivity index (χ4v) is 3.82. The molecule has 2 aromatic rings. The Labute approximate surface area is 163 Å². The zero-order chi connectivity index (χ0) is 19.7. The van der Waals surface area contributed by atoms with Gasteiger partial charge in [0.05, 0.1) is 17.5 Å². The number of benzene rings is 2. The predicted octanol–water partition coefficient (Wildman–Crippen LogP) is 3.79. The van der Waals surface area contributed by atoms with Crippen LogP contribution in [0, 0.1) is 11.8 Å². The van der Waals surface area contributed by atoms with Gasteiger partial charge in [-0.05, 0) is 44.0 Å². The van der Waals surface area contributed by atoms with Crippen LogP contribution in [0.25, 0.3) is 0 Å². The molecule has 2 aromatic carbocycles. The Kier molecular flexibility index (Phi) is 4.82. The van der Waals surface area contributed by atoms with E-state index < -0.39 is 6.10 Å². The maximum absolute atomic E-state index is 12.7. The number of nitrogens with zero attached hydrogens (tertiary/aromatic N) is 1. The lowest BCUT2D eigenvalue weighted by Gasteiger charge is -2.17. The monoisotopic (exact) mass is 375 g/mol. The van der Waals surface area contributed by atoms with Gasteiger partial charge >= 0.3 is 0 Å². The van der Waals surface area contributed by atoms with Crippen LogP contribution in [0.2, 0.25) is 0 Å². The van der Waals surface area contributed by atoms with Gasteiger partial charge in [-0.25, -0.2) is 0 Å². The molecule has 1 aliphatic heterocycles. The lowest BCUT2D eigenvalue weighted by Crippen LogP contribution is -2.30. The van der Waals surface area contributed by atoms with Gasteiger partial charge in [-0.15, -0.1) is 0 Å². The Hall–Kier alpha value is -3.21. The van der Waals surface area contributed by atoms with Crippen LogP contribution in [-0.4, -0.2) is 23.7 Å². The number of ketones is 1. The molecule has 5 nitrogen and oxygen atoms in total. The Morgan fingerprint density at radius 3 is 2.07 bits per heavy atom. The highest BCUT2D eigenvalue weighted by Gasteiger charge is 2.47. The number of amides is 2. The molecule has 0 aromatic heterocycles. The van der Waals surface area contributed by atoms with Crippen LogP contribution in [0.5, 0.6) is 5.75 Å². The van der Waals surface area contributed by atoms with Crippen LogP contribution in [0.3, 0.4) is 0 Å². The lowest BCUT2D eigenvalue weighted by molar-refractivity contribution is -0.122. The van der Waals surface area contributed by atoms with Gasteiger partial charge in [0.2, 0.25) is 17.6 Å². The van der Waals surface area contributed by atoms with E-state index in [4.69, 9.17) is 4.74 Å². The van der Waals surface area contributed by atoms with Gasteiger partial charge in [-0.3, -0.25) is 19.3 Å². The molecule has 5 heteroatoms. The SMILES string of the molecule is C[C@@H](Oc1ccc(N2C(=O)[C@H]3CC=CC[C@@H]3C2=O)cc1)C(=O)c1ccccc1. The summed E-state index contributed by atoms with van der Waals surface area (Å²) >= 11 is 0. The molecule has 0 saturated carbocycles. The third-order valence-electron chi connectivity index (χ3n) is 5.34. The summed E-state index contributed by atoms with van der Waals surface area (Å²) in [6.07, 6.45) is 4.53. The molecule has 0 spiro atoms. The highest BCUT2D eigenvalue weighted by Crippen LogP contribution is 2.38. The maximum atomic E-state index is 12.7. The summed E-state index contributed by atoms with van der Waals surface area (Å²) in [7, 11) is 0. The number of carbonyl (C=O) groups is 3. The van der Waals surface area contributed by atoms with Crippen molar-refractivity contribution < 1.29 is 19.1 Å². The zero-order valence-electron chi connectivity index (χ0n) is 15.6. The number of anilines is 1. The molecule has 142 valence electrons. The van der Waals surface area contributed by atoms with Crippen LogP contribution in [0.4, 0.5) is 5.69 Å². The van der Waals surface area contributed by atoms with Crippen molar-refractivity contribution in [3.05, 3.63) is 72.3 Å². The summed E-state index contributed by atoms with van der Waals surface area (Å²) in [5.41, 5.74) is 1.13. The van der Waals surface area contributed by atoms with E-state index in [9.17, 15) is 14.4 Å². The van der Waals surface area contributed by atoms with Crippen molar-refractivity contribution in [2.75, 3.05) is 4.90 Å². The van der Waals surface area contributed by atoms with Crippen LogP contribution in [-0.2, 0) is 9.59 Å². The molecule has 3 atom stereocenters. The van der Waals surface area contributed by atoms with Crippen LogP contribution in [0.1, 0.15) is 30.1 Å². The number of carbonyl (C=O) groups excluding carboxylic acids is 3. The molecule has 2 aliphatic rings. The number of hydrogen-bond acceptors (Lipinski definition) is 4. The molecule has 0 bridgehead atoms. The summed E-state index contributed by atoms with van der Waals surface area (Å²) in [6, 6.07) is 15.7. The second-order valence-electron chi connectivity index (χ2n) is 7.15. The predicted molar refractivity (Wildman–Crippen MR) is 105 cm³/mol. The van der Waals surface area contributed by atoms with Gasteiger partial charge in [0.25, 0.3) is 0 Å². The first-order valence-corrected chi connectivity index (χ1v) is 9.45. The highest BCUT2D eigenvalue weighted by molar-refractivity contribution is 6.22. The molecule has 0 N–H and O–H groups in total. The van der Waals surface area contributed by atoms with Crippen LogP contribution in [0.15, 0.2) is 66.7 Å². The number of fused-ring (bicyclic) bond motifs is 1. The average molecular weight is 375 g/mol. The van der Waals surface area contributed by atoms with E-state index in [0.717, 1.165) is 0 Å². The van der Waals surface area contributed by atoms with E-state index >= 15 is 0 Å². The standard InChI is InChI=1S/C23H21NO4/c1-15(21(25)16-7-3-2-4-8-16)28-18-13-11-17(12-14-18)24-22(26)19-9-5-6-10-20(19)23(24)27/h2-8,11-15,19-20H,9-10H2,1H3/t15-,19+,20+/m1/s1.